The zero-order valence-electron chi connectivity index (χ0n) is 8.20. The highest BCUT2D eigenvalue weighted by Gasteiger charge is 2.14. The minimum absolute atomic E-state index is 0.340. The van der Waals surface area contributed by atoms with E-state index in [1.54, 1.807) is 19.1 Å². The lowest BCUT2D eigenvalue weighted by molar-refractivity contribution is 0.0903. The molecule has 1 aromatic carbocycles. The first-order valence-electron chi connectivity index (χ1n) is 4.19. The number of rotatable bonds is 3. The molecule has 0 amide bonds. The van der Waals surface area contributed by atoms with Crippen molar-refractivity contribution in [3.63, 3.8) is 0 Å². The number of nitrogen functional groups attached to an aromatic ring is 1. The van der Waals surface area contributed by atoms with E-state index in [1.807, 2.05) is 0 Å². The smallest absolute Gasteiger partial charge is 0.190 e. The lowest BCUT2D eigenvalue weighted by atomic mass is 10.0. The zero-order chi connectivity index (χ0) is 10.7. The fourth-order valence-corrected chi connectivity index (χ4v) is 1.38. The number of carbonyl (C=O) groups excluding carboxylic acids is 1. The van der Waals surface area contributed by atoms with Crippen LogP contribution in [0, 0.1) is 6.92 Å². The topological polar surface area (TPSA) is 72.5 Å². The Hall–Kier alpha value is -1.55. The number of benzene rings is 1. The van der Waals surface area contributed by atoms with Gasteiger partial charge in [-0.2, -0.15) is 0 Å². The molecule has 1 rings (SSSR count). The molecule has 0 spiro atoms. The number of nitrogens with two attached hydrogens (primary N) is 1. The summed E-state index contributed by atoms with van der Waals surface area (Å²) in [7, 11) is 1.52. The minimum Gasteiger partial charge on any atom is -0.496 e. The highest BCUT2D eigenvalue weighted by atomic mass is 16.5. The molecule has 0 aromatic heterocycles. The van der Waals surface area contributed by atoms with Gasteiger partial charge in [0.25, 0.3) is 0 Å². The average Bonchev–Trinajstić information content (AvgIpc) is 2.18. The van der Waals surface area contributed by atoms with E-state index in [-0.39, 0.29) is 5.78 Å². The highest BCUT2D eigenvalue weighted by molar-refractivity contribution is 6.03. The summed E-state index contributed by atoms with van der Waals surface area (Å²) in [5.41, 5.74) is 7.00. The van der Waals surface area contributed by atoms with Gasteiger partial charge in [-0.25, -0.2) is 0 Å². The molecule has 4 heteroatoms. The van der Waals surface area contributed by atoms with Crippen LogP contribution in [0.15, 0.2) is 12.1 Å². The molecule has 4 nitrogen and oxygen atoms in total. The molecule has 0 saturated heterocycles. The predicted octanol–water partition coefficient (Wildman–Crippen LogP) is 0.761. The molecule has 1 aromatic rings. The summed E-state index contributed by atoms with van der Waals surface area (Å²) in [6.07, 6.45) is 0. The van der Waals surface area contributed by atoms with E-state index in [9.17, 15) is 4.79 Å². The molecule has 0 aliphatic rings. The van der Waals surface area contributed by atoms with Gasteiger partial charge in [-0.05, 0) is 19.1 Å². The summed E-state index contributed by atoms with van der Waals surface area (Å²) in [6.45, 7) is 1.19. The van der Waals surface area contributed by atoms with Crippen molar-refractivity contribution in [3.05, 3.63) is 23.3 Å². The number of aliphatic hydroxyl groups is 1. The molecule has 3 N–H and O–H groups in total. The normalized spacial score (nSPS) is 9.93. The molecule has 0 unspecified atom stereocenters. The second kappa shape index (κ2) is 4.11. The van der Waals surface area contributed by atoms with Crippen molar-refractivity contribution in [1.82, 2.24) is 0 Å². The molecule has 0 heterocycles. The molecule has 0 atom stereocenters. The summed E-state index contributed by atoms with van der Waals surface area (Å²) < 4.78 is 5.05. The SMILES string of the molecule is COc1ccc(N)c(C(=O)CO)c1C. The summed E-state index contributed by atoms with van der Waals surface area (Å²) in [5, 5.41) is 8.75. The Kier molecular flexibility index (Phi) is 3.09. The van der Waals surface area contributed by atoms with Crippen molar-refractivity contribution in [2.45, 2.75) is 6.92 Å². The van der Waals surface area contributed by atoms with Crippen LogP contribution in [0.1, 0.15) is 15.9 Å². The van der Waals surface area contributed by atoms with E-state index >= 15 is 0 Å². The van der Waals surface area contributed by atoms with Gasteiger partial charge in [-0.3, -0.25) is 4.79 Å². The van der Waals surface area contributed by atoms with Crippen LogP contribution >= 0.6 is 0 Å². The maximum atomic E-state index is 11.3. The van der Waals surface area contributed by atoms with Gasteiger partial charge in [0.1, 0.15) is 12.4 Å². The van der Waals surface area contributed by atoms with Gasteiger partial charge in [0.05, 0.1) is 7.11 Å². The van der Waals surface area contributed by atoms with Crippen LogP contribution in [0.5, 0.6) is 5.75 Å². The van der Waals surface area contributed by atoms with Crippen molar-refractivity contribution >= 4 is 11.5 Å². The maximum Gasteiger partial charge on any atom is 0.190 e. The zero-order valence-corrected chi connectivity index (χ0v) is 8.20. The van der Waals surface area contributed by atoms with Crippen molar-refractivity contribution in [1.29, 1.82) is 0 Å². The largest absolute Gasteiger partial charge is 0.496 e. The lowest BCUT2D eigenvalue weighted by Gasteiger charge is -2.11. The third-order valence-corrected chi connectivity index (χ3v) is 2.09. The molecule has 0 bridgehead atoms. The third kappa shape index (κ3) is 1.70. The van der Waals surface area contributed by atoms with E-state index < -0.39 is 6.61 Å². The Morgan fingerprint density at radius 3 is 2.71 bits per heavy atom. The number of hydrogen-bond donors (Lipinski definition) is 2. The van der Waals surface area contributed by atoms with Crippen LogP contribution in [0.25, 0.3) is 0 Å². The van der Waals surface area contributed by atoms with Crippen molar-refractivity contribution in [3.8, 4) is 5.75 Å². The van der Waals surface area contributed by atoms with E-state index in [1.165, 1.54) is 7.11 Å². The van der Waals surface area contributed by atoms with Gasteiger partial charge < -0.3 is 15.6 Å². The third-order valence-electron chi connectivity index (χ3n) is 2.09. The number of carbonyl (C=O) groups is 1. The van der Waals surface area contributed by atoms with Gasteiger partial charge in [-0.1, -0.05) is 0 Å². The molecule has 0 saturated carbocycles. The van der Waals surface area contributed by atoms with Gasteiger partial charge in [0.15, 0.2) is 5.78 Å². The Morgan fingerprint density at radius 2 is 2.21 bits per heavy atom. The summed E-state index contributed by atoms with van der Waals surface area (Å²) in [5.74, 6) is 0.204. The molecule has 76 valence electrons. The number of ether oxygens (including phenoxy) is 1. The monoisotopic (exact) mass is 195 g/mol. The van der Waals surface area contributed by atoms with E-state index in [0.29, 0.717) is 22.6 Å². The fourth-order valence-electron chi connectivity index (χ4n) is 1.38. The van der Waals surface area contributed by atoms with Crippen LogP contribution in [-0.2, 0) is 0 Å². The molecular weight excluding hydrogens is 182 g/mol. The number of aliphatic hydroxyl groups excluding tert-OH is 1. The predicted molar refractivity (Wildman–Crippen MR) is 53.6 cm³/mol. The first-order chi connectivity index (χ1) is 6.61. The second-order valence-corrected chi connectivity index (χ2v) is 2.94. The Balaban J connectivity index is 3.32. The molecule has 0 fully saturated rings. The lowest BCUT2D eigenvalue weighted by Crippen LogP contribution is -2.10. The molecule has 0 aliphatic heterocycles. The van der Waals surface area contributed by atoms with Crippen LogP contribution < -0.4 is 10.5 Å². The summed E-state index contributed by atoms with van der Waals surface area (Å²) >= 11 is 0. The van der Waals surface area contributed by atoms with Crippen molar-refractivity contribution in [2.75, 3.05) is 19.5 Å². The number of ketones is 1. The number of methoxy groups -OCH3 is 1. The molecule has 0 radical (unpaired) electrons. The summed E-state index contributed by atoms with van der Waals surface area (Å²) in [4.78, 5) is 11.3. The number of Topliss-reactive ketones (excluding diaryl/α,β-unsaturated/α-hetero) is 1. The van der Waals surface area contributed by atoms with E-state index in [4.69, 9.17) is 15.6 Å². The number of anilines is 1. The standard InChI is InChI=1S/C10H13NO3/c1-6-9(14-2)4-3-7(11)10(6)8(13)5-12/h3-4,12H,5,11H2,1-2H3. The van der Waals surface area contributed by atoms with Crippen LogP contribution in [0.4, 0.5) is 5.69 Å². The van der Waals surface area contributed by atoms with Crippen molar-refractivity contribution in [2.24, 2.45) is 0 Å². The average molecular weight is 195 g/mol. The Morgan fingerprint density at radius 1 is 1.57 bits per heavy atom. The quantitative estimate of drug-likeness (QED) is 0.551. The Bertz CT molecular complexity index is 361. The van der Waals surface area contributed by atoms with Crippen LogP contribution in [-0.4, -0.2) is 24.6 Å². The molecular formula is C10H13NO3. The fraction of sp³-hybridized carbons (Fsp3) is 0.300. The van der Waals surface area contributed by atoms with Gasteiger partial charge >= 0.3 is 0 Å². The Labute approximate surface area is 82.3 Å². The second-order valence-electron chi connectivity index (χ2n) is 2.94. The first kappa shape index (κ1) is 10.5. The van der Waals surface area contributed by atoms with Crippen molar-refractivity contribution < 1.29 is 14.6 Å². The molecule has 14 heavy (non-hydrogen) atoms. The van der Waals surface area contributed by atoms with Gasteiger partial charge in [0.2, 0.25) is 0 Å². The van der Waals surface area contributed by atoms with E-state index in [0.717, 1.165) is 0 Å². The van der Waals surface area contributed by atoms with Crippen LogP contribution in [0.3, 0.4) is 0 Å². The van der Waals surface area contributed by atoms with Gasteiger partial charge in [-0.15, -0.1) is 0 Å². The van der Waals surface area contributed by atoms with Crippen LogP contribution in [0.2, 0.25) is 0 Å². The van der Waals surface area contributed by atoms with E-state index in [2.05, 4.69) is 0 Å². The maximum absolute atomic E-state index is 11.3. The summed E-state index contributed by atoms with van der Waals surface area (Å²) in [6, 6.07) is 3.29. The van der Waals surface area contributed by atoms with Gasteiger partial charge in [0, 0.05) is 16.8 Å². The minimum atomic E-state index is -0.543. The molecule has 0 aliphatic carbocycles. The number of hydrogen-bond acceptors (Lipinski definition) is 4. The highest BCUT2D eigenvalue weighted by Crippen LogP contribution is 2.26. The first-order valence-corrected chi connectivity index (χ1v) is 4.19.